The van der Waals surface area contributed by atoms with Crippen molar-refractivity contribution in [1.82, 2.24) is 0 Å². The number of amides is 1. The van der Waals surface area contributed by atoms with Gasteiger partial charge in [0.2, 0.25) is 0 Å². The van der Waals surface area contributed by atoms with E-state index in [0.717, 1.165) is 16.2 Å². The third-order valence-electron chi connectivity index (χ3n) is 3.73. The van der Waals surface area contributed by atoms with E-state index >= 15 is 0 Å². The molecular formula is C17H17N3OS. The van der Waals surface area contributed by atoms with Gasteiger partial charge >= 0.3 is 0 Å². The van der Waals surface area contributed by atoms with Gasteiger partial charge in [0.1, 0.15) is 0 Å². The van der Waals surface area contributed by atoms with Crippen molar-refractivity contribution in [3.8, 4) is 11.1 Å². The fourth-order valence-electron chi connectivity index (χ4n) is 2.65. The number of nitrogens with zero attached hydrogens (tertiary/aromatic N) is 1. The summed E-state index contributed by atoms with van der Waals surface area (Å²) in [4.78, 5) is 16.8. The lowest BCUT2D eigenvalue weighted by Gasteiger charge is -2.21. The molecule has 1 heterocycles. The van der Waals surface area contributed by atoms with E-state index < -0.39 is 5.91 Å². The summed E-state index contributed by atoms with van der Waals surface area (Å²) in [6.45, 7) is 4.00. The number of guanidine groups is 1. The number of aryl methyl sites for hydroxylation is 2. The van der Waals surface area contributed by atoms with Gasteiger partial charge in [-0.3, -0.25) is 4.79 Å². The van der Waals surface area contributed by atoms with E-state index in [1.807, 2.05) is 13.0 Å². The smallest absolute Gasteiger partial charge is 0.280 e. The minimum absolute atomic E-state index is 0.212. The number of carbonyl (C=O) groups excluding carboxylic acids is 1. The van der Waals surface area contributed by atoms with Crippen molar-refractivity contribution >= 4 is 23.6 Å². The van der Waals surface area contributed by atoms with Crippen LogP contribution in [0.25, 0.3) is 11.1 Å². The normalized spacial score (nSPS) is 12.3. The van der Waals surface area contributed by atoms with E-state index in [1.165, 1.54) is 22.3 Å². The SMILES string of the molecule is Cc1ccc2c(c1)-c1cc(C)c(C(=O)N=C(N)N)cc1SC2. The first-order valence-electron chi connectivity index (χ1n) is 6.97. The largest absolute Gasteiger partial charge is 0.370 e. The summed E-state index contributed by atoms with van der Waals surface area (Å²) in [6, 6.07) is 10.5. The number of hydrogen-bond acceptors (Lipinski definition) is 2. The maximum atomic E-state index is 12.1. The van der Waals surface area contributed by atoms with E-state index in [1.54, 1.807) is 11.8 Å². The molecule has 0 spiro atoms. The highest BCUT2D eigenvalue weighted by molar-refractivity contribution is 7.98. The summed E-state index contributed by atoms with van der Waals surface area (Å²) < 4.78 is 0. The van der Waals surface area contributed by atoms with Crippen LogP contribution in [0, 0.1) is 13.8 Å². The van der Waals surface area contributed by atoms with Crippen molar-refractivity contribution in [3.63, 3.8) is 0 Å². The van der Waals surface area contributed by atoms with Crippen molar-refractivity contribution in [3.05, 3.63) is 52.6 Å². The lowest BCUT2D eigenvalue weighted by atomic mass is 9.94. The number of hydrogen-bond donors (Lipinski definition) is 2. The quantitative estimate of drug-likeness (QED) is 0.626. The third-order valence-corrected chi connectivity index (χ3v) is 4.83. The standard InChI is InChI=1S/C17H17N3OS/c1-9-3-4-11-8-22-15-7-12(16(21)20-17(18)19)10(2)6-14(15)13(11)5-9/h3-7H,8H2,1-2H3,(H4,18,19,20,21). The molecule has 0 aromatic heterocycles. The summed E-state index contributed by atoms with van der Waals surface area (Å²) in [6.07, 6.45) is 0. The van der Waals surface area contributed by atoms with Gasteiger partial charge in [-0.1, -0.05) is 23.8 Å². The maximum Gasteiger partial charge on any atom is 0.280 e. The van der Waals surface area contributed by atoms with E-state index in [-0.39, 0.29) is 5.96 Å². The van der Waals surface area contributed by atoms with Crippen LogP contribution in [0.4, 0.5) is 0 Å². The molecule has 1 aliphatic rings. The first-order chi connectivity index (χ1) is 10.5. The summed E-state index contributed by atoms with van der Waals surface area (Å²) >= 11 is 1.73. The van der Waals surface area contributed by atoms with Crippen LogP contribution in [0.3, 0.4) is 0 Å². The second kappa shape index (κ2) is 5.50. The van der Waals surface area contributed by atoms with Gasteiger partial charge in [-0.05, 0) is 48.2 Å². The van der Waals surface area contributed by atoms with Crippen molar-refractivity contribution in [2.24, 2.45) is 16.5 Å². The van der Waals surface area contributed by atoms with Crippen molar-refractivity contribution < 1.29 is 4.79 Å². The highest BCUT2D eigenvalue weighted by Gasteiger charge is 2.20. The summed E-state index contributed by atoms with van der Waals surface area (Å²) in [7, 11) is 0. The molecule has 5 heteroatoms. The highest BCUT2D eigenvalue weighted by atomic mass is 32.2. The Labute approximate surface area is 133 Å². The Balaban J connectivity index is 2.14. The van der Waals surface area contributed by atoms with Crippen LogP contribution in [0.2, 0.25) is 0 Å². The Morgan fingerprint density at radius 1 is 1.14 bits per heavy atom. The van der Waals surface area contributed by atoms with Crippen molar-refractivity contribution in [2.75, 3.05) is 0 Å². The Morgan fingerprint density at radius 2 is 1.91 bits per heavy atom. The van der Waals surface area contributed by atoms with Crippen molar-refractivity contribution in [2.45, 2.75) is 24.5 Å². The first-order valence-corrected chi connectivity index (χ1v) is 7.95. The van der Waals surface area contributed by atoms with Crippen LogP contribution in [0.1, 0.15) is 27.0 Å². The van der Waals surface area contributed by atoms with Gasteiger partial charge in [-0.15, -0.1) is 11.8 Å². The zero-order valence-corrected chi connectivity index (χ0v) is 13.3. The topological polar surface area (TPSA) is 81.5 Å². The summed E-state index contributed by atoms with van der Waals surface area (Å²) in [5.74, 6) is 0.299. The van der Waals surface area contributed by atoms with Gasteiger partial charge in [0.15, 0.2) is 5.96 Å². The van der Waals surface area contributed by atoms with Gasteiger partial charge < -0.3 is 11.5 Å². The minimum atomic E-state index is -0.393. The summed E-state index contributed by atoms with van der Waals surface area (Å²) in [5, 5.41) is 0. The molecule has 1 amide bonds. The molecule has 22 heavy (non-hydrogen) atoms. The number of thioether (sulfide) groups is 1. The number of carbonyl (C=O) groups is 1. The van der Waals surface area contributed by atoms with Crippen LogP contribution in [0.5, 0.6) is 0 Å². The zero-order valence-electron chi connectivity index (χ0n) is 12.5. The third kappa shape index (κ3) is 2.60. The fourth-order valence-corrected chi connectivity index (χ4v) is 3.74. The molecule has 0 atom stereocenters. The molecule has 0 radical (unpaired) electrons. The summed E-state index contributed by atoms with van der Waals surface area (Å²) in [5.41, 5.74) is 17.0. The molecule has 112 valence electrons. The number of aliphatic imine (C=N–C) groups is 1. The van der Waals surface area contributed by atoms with Crippen molar-refractivity contribution in [1.29, 1.82) is 0 Å². The van der Waals surface area contributed by atoms with Gasteiger partial charge in [0, 0.05) is 16.2 Å². The Hall–Kier alpha value is -2.27. The molecule has 2 aromatic carbocycles. The number of benzene rings is 2. The Bertz CT molecular complexity index is 808. The molecule has 4 nitrogen and oxygen atoms in total. The van der Waals surface area contributed by atoms with E-state index in [9.17, 15) is 4.79 Å². The first kappa shape index (κ1) is 14.7. The fraction of sp³-hybridized carbons (Fsp3) is 0.176. The van der Waals surface area contributed by atoms with Crippen LogP contribution in [0.15, 0.2) is 40.2 Å². The minimum Gasteiger partial charge on any atom is -0.370 e. The number of fused-ring (bicyclic) bond motifs is 3. The molecule has 0 bridgehead atoms. The molecule has 0 saturated heterocycles. The predicted octanol–water partition coefficient (Wildman–Crippen LogP) is 2.99. The van der Waals surface area contributed by atoms with Gasteiger partial charge in [0.05, 0.1) is 0 Å². The second-order valence-corrected chi connectivity index (χ2v) is 6.47. The zero-order chi connectivity index (χ0) is 15.9. The molecule has 0 unspecified atom stereocenters. The molecule has 0 fully saturated rings. The second-order valence-electron chi connectivity index (χ2n) is 5.45. The predicted molar refractivity (Wildman–Crippen MR) is 91.1 cm³/mol. The van der Waals surface area contributed by atoms with E-state index in [4.69, 9.17) is 11.5 Å². The average Bonchev–Trinajstić information content (AvgIpc) is 2.45. The average molecular weight is 311 g/mol. The number of nitrogens with two attached hydrogens (primary N) is 2. The molecule has 3 rings (SSSR count). The molecular weight excluding hydrogens is 294 g/mol. The van der Waals surface area contributed by atoms with Crippen LogP contribution >= 0.6 is 11.8 Å². The van der Waals surface area contributed by atoms with Gasteiger partial charge in [-0.2, -0.15) is 4.99 Å². The molecule has 1 aliphatic heterocycles. The van der Waals surface area contributed by atoms with E-state index in [2.05, 4.69) is 36.2 Å². The Kier molecular flexibility index (Phi) is 3.66. The van der Waals surface area contributed by atoms with E-state index in [0.29, 0.717) is 5.56 Å². The lowest BCUT2D eigenvalue weighted by Crippen LogP contribution is -2.24. The van der Waals surface area contributed by atoms with Gasteiger partial charge in [0.25, 0.3) is 5.91 Å². The molecule has 0 aliphatic carbocycles. The molecule has 2 aromatic rings. The monoisotopic (exact) mass is 311 g/mol. The highest BCUT2D eigenvalue weighted by Crippen LogP contribution is 2.43. The Morgan fingerprint density at radius 3 is 2.64 bits per heavy atom. The van der Waals surface area contributed by atoms with Gasteiger partial charge in [-0.25, -0.2) is 0 Å². The maximum absolute atomic E-state index is 12.1. The van der Waals surface area contributed by atoms with Crippen LogP contribution in [-0.2, 0) is 5.75 Å². The lowest BCUT2D eigenvalue weighted by molar-refractivity contribution is 0.100. The van der Waals surface area contributed by atoms with Crippen LogP contribution in [-0.4, -0.2) is 11.9 Å². The molecule has 0 saturated carbocycles. The molecule has 4 N–H and O–H groups in total. The number of rotatable bonds is 1. The van der Waals surface area contributed by atoms with Crippen LogP contribution < -0.4 is 11.5 Å².